The minimum absolute atomic E-state index is 0.0258. The standard InChI is InChI=1S/C23H25N3O9/c1-26(23(30)15-6-4-14(5-7-15)22(24)25-31)11-17(27)16-8-9-18(34-12-20(28)32-2)19(10-16)35-13-21(29)33-3/h4-10,31H,11-13H2,1-3H3,(H2,24,25). The van der Waals surface area contributed by atoms with Crippen molar-refractivity contribution in [3.05, 3.63) is 59.2 Å². The number of benzene rings is 2. The number of oxime groups is 1. The van der Waals surface area contributed by atoms with Crippen LogP contribution in [0.25, 0.3) is 0 Å². The number of carbonyl (C=O) groups excluding carboxylic acids is 4. The van der Waals surface area contributed by atoms with Crippen molar-refractivity contribution in [1.29, 1.82) is 0 Å². The third kappa shape index (κ3) is 7.45. The molecule has 0 heterocycles. The van der Waals surface area contributed by atoms with Gasteiger partial charge in [0, 0.05) is 23.7 Å². The van der Waals surface area contributed by atoms with Gasteiger partial charge >= 0.3 is 11.9 Å². The van der Waals surface area contributed by atoms with Crippen molar-refractivity contribution in [2.45, 2.75) is 0 Å². The Morgan fingerprint density at radius 1 is 0.857 bits per heavy atom. The normalized spacial score (nSPS) is 10.8. The summed E-state index contributed by atoms with van der Waals surface area (Å²) in [6.45, 7) is -1.13. The molecule has 0 bridgehead atoms. The van der Waals surface area contributed by atoms with Gasteiger partial charge in [-0.1, -0.05) is 17.3 Å². The molecule has 0 aliphatic heterocycles. The third-order valence-electron chi connectivity index (χ3n) is 4.67. The molecule has 0 aliphatic carbocycles. The Morgan fingerprint density at radius 3 is 1.91 bits per heavy atom. The van der Waals surface area contributed by atoms with Crippen LogP contribution in [0, 0.1) is 0 Å². The zero-order chi connectivity index (χ0) is 26.0. The van der Waals surface area contributed by atoms with Crippen molar-refractivity contribution in [2.24, 2.45) is 10.9 Å². The number of amidine groups is 1. The molecule has 2 aromatic rings. The number of nitrogens with two attached hydrogens (primary N) is 1. The van der Waals surface area contributed by atoms with Crippen LogP contribution < -0.4 is 15.2 Å². The number of nitrogens with zero attached hydrogens (tertiary/aromatic N) is 2. The number of carbonyl (C=O) groups is 4. The monoisotopic (exact) mass is 487 g/mol. The number of hydrogen-bond donors (Lipinski definition) is 2. The number of Topliss-reactive ketones (excluding diaryl/α,β-unsaturated/α-hetero) is 1. The smallest absolute Gasteiger partial charge is 0.343 e. The van der Waals surface area contributed by atoms with Gasteiger partial charge in [0.15, 0.2) is 36.3 Å². The number of amides is 1. The van der Waals surface area contributed by atoms with Gasteiger partial charge in [0.1, 0.15) is 0 Å². The largest absolute Gasteiger partial charge is 0.478 e. The fourth-order valence-corrected chi connectivity index (χ4v) is 2.74. The summed E-state index contributed by atoms with van der Waals surface area (Å²) in [5.74, 6) is -2.12. The van der Waals surface area contributed by atoms with E-state index >= 15 is 0 Å². The molecule has 0 saturated carbocycles. The second kappa shape index (κ2) is 12.6. The lowest BCUT2D eigenvalue weighted by Crippen LogP contribution is -2.32. The molecule has 1 amide bonds. The van der Waals surface area contributed by atoms with E-state index in [2.05, 4.69) is 14.6 Å². The lowest BCUT2D eigenvalue weighted by Gasteiger charge is -2.17. The Balaban J connectivity index is 2.16. The summed E-state index contributed by atoms with van der Waals surface area (Å²) in [5, 5.41) is 11.6. The summed E-state index contributed by atoms with van der Waals surface area (Å²) >= 11 is 0. The van der Waals surface area contributed by atoms with Crippen molar-refractivity contribution in [2.75, 3.05) is 41.0 Å². The predicted octanol–water partition coefficient (Wildman–Crippen LogP) is 0.840. The average molecular weight is 487 g/mol. The number of hydrogen-bond acceptors (Lipinski definition) is 10. The van der Waals surface area contributed by atoms with E-state index in [4.69, 9.17) is 20.4 Å². The molecule has 2 aromatic carbocycles. The Labute approximate surface area is 200 Å². The van der Waals surface area contributed by atoms with Crippen LogP contribution in [0.1, 0.15) is 26.3 Å². The second-order valence-corrected chi connectivity index (χ2v) is 7.04. The van der Waals surface area contributed by atoms with Crippen molar-refractivity contribution in [3.8, 4) is 11.5 Å². The molecule has 0 radical (unpaired) electrons. The van der Waals surface area contributed by atoms with Gasteiger partial charge in [-0.25, -0.2) is 9.59 Å². The van der Waals surface area contributed by atoms with Crippen molar-refractivity contribution >= 4 is 29.5 Å². The molecule has 3 N–H and O–H groups in total. The van der Waals surface area contributed by atoms with Gasteiger partial charge in [0.2, 0.25) is 0 Å². The zero-order valence-corrected chi connectivity index (χ0v) is 19.3. The Bertz CT molecular complexity index is 1110. The molecule has 2 rings (SSSR count). The van der Waals surface area contributed by atoms with Gasteiger partial charge in [-0.2, -0.15) is 0 Å². The van der Waals surface area contributed by atoms with Gasteiger partial charge in [0.25, 0.3) is 5.91 Å². The van der Waals surface area contributed by atoms with Crippen LogP contribution in [0.5, 0.6) is 11.5 Å². The molecule has 0 unspecified atom stereocenters. The molecule has 0 saturated heterocycles. The summed E-state index contributed by atoms with van der Waals surface area (Å²) in [6, 6.07) is 10.2. The number of rotatable bonds is 11. The Hall–Kier alpha value is -4.61. The van der Waals surface area contributed by atoms with Crippen molar-refractivity contribution in [3.63, 3.8) is 0 Å². The Kier molecular flexibility index (Phi) is 9.58. The highest BCUT2D eigenvalue weighted by Crippen LogP contribution is 2.29. The quantitative estimate of drug-likeness (QED) is 0.116. The first-order valence-corrected chi connectivity index (χ1v) is 10.1. The van der Waals surface area contributed by atoms with E-state index in [0.717, 1.165) is 0 Å². The van der Waals surface area contributed by atoms with E-state index in [1.54, 1.807) is 0 Å². The van der Waals surface area contributed by atoms with Crippen LogP contribution >= 0.6 is 0 Å². The van der Waals surface area contributed by atoms with Crippen molar-refractivity contribution in [1.82, 2.24) is 4.90 Å². The molecule has 0 atom stereocenters. The average Bonchev–Trinajstić information content (AvgIpc) is 2.89. The maximum Gasteiger partial charge on any atom is 0.343 e. The van der Waals surface area contributed by atoms with E-state index < -0.39 is 36.8 Å². The summed E-state index contributed by atoms with van der Waals surface area (Å²) in [5.41, 5.74) is 6.41. The second-order valence-electron chi connectivity index (χ2n) is 7.04. The molecule has 186 valence electrons. The zero-order valence-electron chi connectivity index (χ0n) is 19.3. The van der Waals surface area contributed by atoms with E-state index in [-0.39, 0.29) is 29.4 Å². The topological polar surface area (TPSA) is 167 Å². The van der Waals surface area contributed by atoms with Gasteiger partial charge in [0.05, 0.1) is 20.8 Å². The predicted molar refractivity (Wildman–Crippen MR) is 122 cm³/mol. The summed E-state index contributed by atoms with van der Waals surface area (Å²) < 4.78 is 19.8. The van der Waals surface area contributed by atoms with Gasteiger partial charge in [-0.05, 0) is 30.3 Å². The summed E-state index contributed by atoms with van der Waals surface area (Å²) in [7, 11) is 3.85. The fourth-order valence-electron chi connectivity index (χ4n) is 2.74. The highest BCUT2D eigenvalue weighted by Gasteiger charge is 2.19. The van der Waals surface area contributed by atoms with Crippen molar-refractivity contribution < 1.29 is 43.3 Å². The SMILES string of the molecule is COC(=O)COc1ccc(C(=O)CN(C)C(=O)c2ccc(/C(N)=N/O)cc2)cc1OCC(=O)OC. The molecule has 12 heteroatoms. The summed E-state index contributed by atoms with van der Waals surface area (Å²) in [6.07, 6.45) is 0. The number of likely N-dealkylation sites (N-methyl/N-ethyl adjacent to an activating group) is 1. The van der Waals surface area contributed by atoms with Gasteiger partial charge < -0.3 is 34.8 Å². The van der Waals surface area contributed by atoms with Gasteiger partial charge in [-0.3, -0.25) is 9.59 Å². The first kappa shape index (κ1) is 26.6. The lowest BCUT2D eigenvalue weighted by atomic mass is 10.1. The molecule has 0 spiro atoms. The van der Waals surface area contributed by atoms with Crippen LogP contribution in [0.3, 0.4) is 0 Å². The molecular weight excluding hydrogens is 462 g/mol. The number of esters is 2. The van der Waals surface area contributed by atoms with E-state index in [1.807, 2.05) is 0 Å². The minimum Gasteiger partial charge on any atom is -0.478 e. The first-order valence-electron chi connectivity index (χ1n) is 10.1. The van der Waals surface area contributed by atoms with E-state index in [9.17, 15) is 19.2 Å². The number of ether oxygens (including phenoxy) is 4. The maximum atomic E-state index is 12.8. The highest BCUT2D eigenvalue weighted by atomic mass is 16.6. The molecule has 0 aromatic heterocycles. The van der Waals surface area contributed by atoms with Crippen LogP contribution in [0.2, 0.25) is 0 Å². The maximum absolute atomic E-state index is 12.8. The number of methoxy groups -OCH3 is 2. The fraction of sp³-hybridized carbons (Fsp3) is 0.261. The van der Waals surface area contributed by atoms with Crippen LogP contribution in [0.4, 0.5) is 0 Å². The number of ketones is 1. The van der Waals surface area contributed by atoms with Crippen LogP contribution in [0.15, 0.2) is 47.6 Å². The molecule has 0 aliphatic rings. The third-order valence-corrected chi connectivity index (χ3v) is 4.67. The van der Waals surface area contributed by atoms with Gasteiger partial charge in [-0.15, -0.1) is 0 Å². The van der Waals surface area contributed by atoms with E-state index in [1.165, 1.54) is 68.6 Å². The van der Waals surface area contributed by atoms with Crippen LogP contribution in [-0.4, -0.2) is 80.6 Å². The minimum atomic E-state index is -0.663. The van der Waals surface area contributed by atoms with E-state index in [0.29, 0.717) is 11.1 Å². The summed E-state index contributed by atoms with van der Waals surface area (Å²) in [4.78, 5) is 49.6. The van der Waals surface area contributed by atoms with Crippen LogP contribution in [-0.2, 0) is 19.1 Å². The first-order chi connectivity index (χ1) is 16.7. The molecule has 35 heavy (non-hydrogen) atoms. The molecule has 0 fully saturated rings. The lowest BCUT2D eigenvalue weighted by molar-refractivity contribution is -0.144. The molecular formula is C23H25N3O9. The molecule has 12 nitrogen and oxygen atoms in total. The Morgan fingerprint density at radius 2 is 1.37 bits per heavy atom. The highest BCUT2D eigenvalue weighted by molar-refractivity contribution is 6.03.